The van der Waals surface area contributed by atoms with Crippen LogP contribution in [0, 0.1) is 11.3 Å². The van der Waals surface area contributed by atoms with Gasteiger partial charge in [-0.25, -0.2) is 4.79 Å². The van der Waals surface area contributed by atoms with Crippen molar-refractivity contribution in [1.29, 1.82) is 5.26 Å². The lowest BCUT2D eigenvalue weighted by molar-refractivity contribution is -0.133. The van der Waals surface area contributed by atoms with E-state index in [1.165, 1.54) is 44.5 Å². The Morgan fingerprint density at radius 2 is 1.81 bits per heavy atom. The van der Waals surface area contributed by atoms with Crippen molar-refractivity contribution in [3.8, 4) is 29.1 Å². The summed E-state index contributed by atoms with van der Waals surface area (Å²) in [6.45, 7) is 4.80. The number of alkyl carbamates (subject to hydrolysis) is 1. The van der Waals surface area contributed by atoms with Crippen LogP contribution in [0.25, 0.3) is 0 Å². The number of phenolic OH excluding ortho intramolecular Hbond substituents is 1. The van der Waals surface area contributed by atoms with Crippen LogP contribution in [0.15, 0.2) is 30.3 Å². The van der Waals surface area contributed by atoms with Gasteiger partial charge in [-0.3, -0.25) is 14.4 Å². The summed E-state index contributed by atoms with van der Waals surface area (Å²) < 4.78 is 16.4. The molecule has 2 aromatic carbocycles. The maximum atomic E-state index is 13.5. The maximum absolute atomic E-state index is 13.5. The molecule has 0 radical (unpaired) electrons. The highest BCUT2D eigenvalue weighted by atomic mass is 16.6. The molecular formula is C28H34N6O9. The van der Waals surface area contributed by atoms with E-state index in [-0.39, 0.29) is 34.1 Å². The molecule has 0 fully saturated rings. The average molecular weight is 599 g/mol. The monoisotopic (exact) mass is 598 g/mol. The number of aliphatic hydroxyl groups is 1. The van der Waals surface area contributed by atoms with Gasteiger partial charge in [-0.15, -0.1) is 0 Å². The minimum Gasteiger partial charge on any atom is -0.504 e. The Balaban J connectivity index is 2.21. The van der Waals surface area contributed by atoms with Crippen molar-refractivity contribution in [2.75, 3.05) is 19.9 Å². The fraction of sp³-hybridized carbons (Fsp3) is 0.393. The number of amides is 4. The molecule has 2 heterocycles. The number of carbonyl (C=O) groups is 4. The number of nitrogen functional groups attached to an aromatic ring is 1. The average Bonchev–Trinajstić information content (AvgIpc) is 2.92. The van der Waals surface area contributed by atoms with Gasteiger partial charge in [0.05, 0.1) is 25.3 Å². The lowest BCUT2D eigenvalue weighted by Crippen LogP contribution is -2.56. The van der Waals surface area contributed by atoms with Gasteiger partial charge in [0.25, 0.3) is 0 Å². The zero-order valence-electron chi connectivity index (χ0n) is 24.2. The second-order valence-electron chi connectivity index (χ2n) is 10.5. The molecule has 0 saturated heterocycles. The van der Waals surface area contributed by atoms with Crippen molar-refractivity contribution in [3.05, 3.63) is 41.5 Å². The molecule has 8 N–H and O–H groups in total. The van der Waals surface area contributed by atoms with Gasteiger partial charge in [0.2, 0.25) is 23.5 Å². The molecule has 43 heavy (non-hydrogen) atoms. The number of hydrogen-bond donors (Lipinski definition) is 7. The fourth-order valence-corrected chi connectivity index (χ4v) is 4.18. The van der Waals surface area contributed by atoms with Gasteiger partial charge in [0.1, 0.15) is 29.8 Å². The number of carbonyl (C=O) groups excluding carboxylic acids is 4. The molecule has 230 valence electrons. The lowest BCUT2D eigenvalue weighted by atomic mass is 9.99. The molecule has 0 aromatic heterocycles. The molecule has 15 heteroatoms. The van der Waals surface area contributed by atoms with Crippen LogP contribution >= 0.6 is 0 Å². The van der Waals surface area contributed by atoms with Crippen LogP contribution in [0.5, 0.6) is 23.0 Å². The van der Waals surface area contributed by atoms with Crippen LogP contribution < -0.4 is 36.5 Å². The van der Waals surface area contributed by atoms with Gasteiger partial charge in [-0.05, 0) is 56.2 Å². The first-order valence-electron chi connectivity index (χ1n) is 13.0. The second kappa shape index (κ2) is 13.2. The highest BCUT2D eigenvalue weighted by Gasteiger charge is 2.36. The van der Waals surface area contributed by atoms with Crippen LogP contribution in [0.3, 0.4) is 0 Å². The highest BCUT2D eigenvalue weighted by molar-refractivity contribution is 5.94. The van der Waals surface area contributed by atoms with Gasteiger partial charge in [0, 0.05) is 7.05 Å². The standard InChI is InChI=1S/C28H34N6O9/c1-28(2,3)43-27(40)34-21-22(36)13-6-7-18(15(30)10-13)42-19-12-14(11-17(35)23(19)41-5)20(25(38)31-4)33-24(37)16(8-9-29)32-26(21)39/h6-7,10-12,16,20-22,35-36H,8,30H2,1-5H3,(H,31,38)(H,32,39)(H,33,37)(H,34,40)/t16-,20+,21+,22+/m0/s1. The maximum Gasteiger partial charge on any atom is 0.408 e. The quantitative estimate of drug-likeness (QED) is 0.245. The number of aliphatic hydroxyl groups excluding tert-OH is 1. The number of nitrogens with one attached hydrogen (secondary N) is 4. The first-order valence-corrected chi connectivity index (χ1v) is 13.0. The third-order valence-electron chi connectivity index (χ3n) is 6.18. The normalized spacial score (nSPS) is 20.5. The summed E-state index contributed by atoms with van der Waals surface area (Å²) >= 11 is 0. The first kappa shape index (κ1) is 32.3. The zero-order valence-corrected chi connectivity index (χ0v) is 24.2. The molecule has 0 aliphatic carbocycles. The largest absolute Gasteiger partial charge is 0.504 e. The highest BCUT2D eigenvalue weighted by Crippen LogP contribution is 2.43. The van der Waals surface area contributed by atoms with E-state index < -0.39 is 65.8 Å². The third-order valence-corrected chi connectivity index (χ3v) is 6.18. The Kier molecular flexibility index (Phi) is 9.89. The number of ether oxygens (including phenoxy) is 3. The molecule has 0 saturated carbocycles. The van der Waals surface area contributed by atoms with Crippen LogP contribution in [0.2, 0.25) is 0 Å². The minimum atomic E-state index is -1.72. The van der Waals surface area contributed by atoms with Crippen molar-refractivity contribution in [3.63, 3.8) is 0 Å². The van der Waals surface area contributed by atoms with E-state index in [0.717, 1.165) is 0 Å². The number of fused-ring (bicyclic) bond motifs is 9. The number of hydrogen-bond acceptors (Lipinski definition) is 11. The van der Waals surface area contributed by atoms with E-state index in [0.29, 0.717) is 0 Å². The van der Waals surface area contributed by atoms with Crippen molar-refractivity contribution >= 4 is 29.5 Å². The summed E-state index contributed by atoms with van der Waals surface area (Å²) in [6.07, 6.45) is -3.31. The number of rotatable bonds is 4. The SMILES string of the molecule is CNC(=O)[C@@H]1NC(=O)[C@H](CC#N)NC(=O)[C@H](NC(=O)OC(C)(C)C)[C@H](O)c2ccc(c(N)c2)Oc2cc1cc(O)c2OC. The minimum absolute atomic E-state index is 0.00877. The lowest BCUT2D eigenvalue weighted by Gasteiger charge is -2.28. The summed E-state index contributed by atoms with van der Waals surface area (Å²) in [4.78, 5) is 52.3. The Labute approximate surface area is 247 Å². The Hall–Kier alpha value is -5.23. The van der Waals surface area contributed by atoms with E-state index in [2.05, 4.69) is 21.3 Å². The number of nitrogens with zero attached hydrogens (tertiary/aromatic N) is 1. The van der Waals surface area contributed by atoms with Crippen molar-refractivity contribution in [2.24, 2.45) is 0 Å². The summed E-state index contributed by atoms with van der Waals surface area (Å²) in [7, 11) is 2.60. The van der Waals surface area contributed by atoms with Gasteiger partial charge in [0.15, 0.2) is 17.2 Å². The summed E-state index contributed by atoms with van der Waals surface area (Å²) in [5.74, 6) is -3.26. The number of likely N-dealkylation sites (N-methyl/N-ethyl adjacent to an activating group) is 1. The predicted octanol–water partition coefficient (Wildman–Crippen LogP) is 1.02. The number of benzene rings is 2. The molecule has 4 bridgehead atoms. The summed E-state index contributed by atoms with van der Waals surface area (Å²) in [5, 5.41) is 40.8. The van der Waals surface area contributed by atoms with E-state index in [9.17, 15) is 34.7 Å². The fourth-order valence-electron chi connectivity index (χ4n) is 4.18. The Morgan fingerprint density at radius 1 is 1.12 bits per heavy atom. The molecule has 4 atom stereocenters. The number of aromatic hydroxyl groups is 1. The van der Waals surface area contributed by atoms with Crippen molar-refractivity contribution in [2.45, 2.75) is 57.0 Å². The smallest absolute Gasteiger partial charge is 0.408 e. The van der Waals surface area contributed by atoms with Gasteiger partial charge < -0.3 is 51.4 Å². The molecule has 15 nitrogen and oxygen atoms in total. The summed E-state index contributed by atoms with van der Waals surface area (Å²) in [5.41, 5.74) is 5.39. The topological polar surface area (TPSA) is 234 Å². The van der Waals surface area contributed by atoms with Crippen molar-refractivity contribution < 1.29 is 43.6 Å². The third kappa shape index (κ3) is 7.74. The van der Waals surface area contributed by atoms with Crippen LogP contribution in [0.1, 0.15) is 50.5 Å². The molecule has 2 aromatic rings. The molecular weight excluding hydrogens is 564 g/mol. The van der Waals surface area contributed by atoms with Crippen LogP contribution in [-0.4, -0.2) is 65.9 Å². The zero-order chi connectivity index (χ0) is 32.1. The number of nitrogens with two attached hydrogens (primary N) is 1. The molecule has 0 unspecified atom stereocenters. The number of nitriles is 1. The predicted molar refractivity (Wildman–Crippen MR) is 151 cm³/mol. The van der Waals surface area contributed by atoms with Crippen molar-refractivity contribution in [1.82, 2.24) is 21.3 Å². The molecule has 4 amide bonds. The van der Waals surface area contributed by atoms with Crippen LogP contribution in [0.4, 0.5) is 10.5 Å². The van der Waals surface area contributed by atoms with Gasteiger partial charge >= 0.3 is 6.09 Å². The van der Waals surface area contributed by atoms with E-state index in [1.54, 1.807) is 26.8 Å². The van der Waals surface area contributed by atoms with Crippen LogP contribution in [-0.2, 0) is 19.1 Å². The Morgan fingerprint density at radius 3 is 2.40 bits per heavy atom. The second-order valence-corrected chi connectivity index (χ2v) is 10.5. The molecule has 0 spiro atoms. The number of phenols is 1. The number of anilines is 1. The number of methoxy groups -OCH3 is 1. The summed E-state index contributed by atoms with van der Waals surface area (Å²) in [6, 6.07) is 3.65. The van der Waals surface area contributed by atoms with E-state index in [1.807, 2.05) is 0 Å². The van der Waals surface area contributed by atoms with Gasteiger partial charge in [-0.1, -0.05) is 6.07 Å². The first-order chi connectivity index (χ1) is 20.2. The molecule has 4 rings (SSSR count). The van der Waals surface area contributed by atoms with E-state index >= 15 is 0 Å². The van der Waals surface area contributed by atoms with Gasteiger partial charge in [-0.2, -0.15) is 5.26 Å². The molecule has 2 aliphatic heterocycles. The molecule has 2 aliphatic rings. The Bertz CT molecular complexity index is 1450. The van der Waals surface area contributed by atoms with E-state index in [4.69, 9.17) is 19.9 Å².